The second kappa shape index (κ2) is 9.38. The topological polar surface area (TPSA) is 95.7 Å². The van der Waals surface area contributed by atoms with Crippen LogP contribution in [0.1, 0.15) is 38.5 Å². The summed E-state index contributed by atoms with van der Waals surface area (Å²) in [5.74, 6) is -0.860. The van der Waals surface area contributed by atoms with E-state index in [4.69, 9.17) is 0 Å². The number of esters is 2. The van der Waals surface area contributed by atoms with Crippen molar-refractivity contribution in [3.8, 4) is 0 Å². The molecule has 0 bridgehead atoms. The Balaban J connectivity index is 3.81. The third kappa shape index (κ3) is 7.59. The number of rotatable bonds is 9. The van der Waals surface area contributed by atoms with Gasteiger partial charge in [-0.2, -0.15) is 0 Å². The second-order valence-electron chi connectivity index (χ2n) is 3.89. The minimum absolute atomic E-state index is 0.208. The van der Waals surface area contributed by atoms with E-state index in [-0.39, 0.29) is 12.4 Å². The van der Waals surface area contributed by atoms with Gasteiger partial charge in [0.25, 0.3) is 0 Å². The molecule has 0 aliphatic carbocycles. The van der Waals surface area contributed by atoms with Crippen molar-refractivity contribution < 1.29 is 24.0 Å². The molecule has 0 heterocycles. The Morgan fingerprint density at radius 1 is 1.11 bits per heavy atom. The molecule has 0 N–H and O–H groups in total. The van der Waals surface area contributed by atoms with Crippen LogP contribution in [0.25, 0.3) is 0 Å². The number of unbranched alkanes of at least 4 members (excludes halogenated alkanes) is 2. The molecule has 0 aromatic rings. The number of carbonyl (C=O) groups is 2. The molecule has 0 saturated carbocycles. The number of ether oxygens (including phenoxy) is 2. The maximum Gasteiger partial charge on any atom is 0.312 e. The van der Waals surface area contributed by atoms with Crippen LogP contribution in [0.5, 0.6) is 0 Å². The second-order valence-corrected chi connectivity index (χ2v) is 3.89. The van der Waals surface area contributed by atoms with E-state index in [9.17, 15) is 19.7 Å². The molecule has 0 fully saturated rings. The molecular formula is C11H19NO6. The summed E-state index contributed by atoms with van der Waals surface area (Å²) in [6, 6.07) is -0.907. The van der Waals surface area contributed by atoms with E-state index in [0.29, 0.717) is 32.1 Å². The van der Waals surface area contributed by atoms with Crippen molar-refractivity contribution in [3.05, 3.63) is 10.1 Å². The van der Waals surface area contributed by atoms with E-state index in [1.54, 1.807) is 0 Å². The predicted octanol–water partition coefficient (Wildman–Crippen LogP) is 1.32. The van der Waals surface area contributed by atoms with Crippen LogP contribution in [0.2, 0.25) is 0 Å². The molecular weight excluding hydrogens is 242 g/mol. The molecule has 0 aromatic heterocycles. The third-order valence-electron chi connectivity index (χ3n) is 2.57. The van der Waals surface area contributed by atoms with Gasteiger partial charge in [0.15, 0.2) is 0 Å². The van der Waals surface area contributed by atoms with Crippen molar-refractivity contribution in [2.24, 2.45) is 0 Å². The van der Waals surface area contributed by atoms with E-state index < -0.39 is 16.9 Å². The van der Waals surface area contributed by atoms with Gasteiger partial charge in [-0.05, 0) is 12.8 Å². The van der Waals surface area contributed by atoms with Gasteiger partial charge in [0.05, 0.1) is 14.2 Å². The summed E-state index contributed by atoms with van der Waals surface area (Å²) < 4.78 is 8.87. The summed E-state index contributed by atoms with van der Waals surface area (Å²) in [6.07, 6.45) is 2.34. The van der Waals surface area contributed by atoms with E-state index >= 15 is 0 Å². The molecule has 0 saturated heterocycles. The largest absolute Gasteiger partial charge is 0.469 e. The van der Waals surface area contributed by atoms with Gasteiger partial charge >= 0.3 is 11.9 Å². The minimum Gasteiger partial charge on any atom is -0.469 e. The average molecular weight is 261 g/mol. The molecule has 7 nitrogen and oxygen atoms in total. The van der Waals surface area contributed by atoms with Crippen molar-refractivity contribution in [3.63, 3.8) is 0 Å². The number of nitro groups is 1. The first kappa shape index (κ1) is 16.3. The third-order valence-corrected chi connectivity index (χ3v) is 2.57. The molecule has 0 aromatic carbocycles. The van der Waals surface area contributed by atoms with Crippen molar-refractivity contribution >= 4 is 11.9 Å². The summed E-state index contributed by atoms with van der Waals surface area (Å²) in [7, 11) is 2.52. The van der Waals surface area contributed by atoms with Crippen LogP contribution in [0, 0.1) is 10.1 Å². The highest BCUT2D eigenvalue weighted by atomic mass is 16.6. The number of nitrogens with zero attached hydrogens (tertiary/aromatic N) is 1. The number of hydrogen-bond donors (Lipinski definition) is 0. The summed E-state index contributed by atoms with van der Waals surface area (Å²) in [4.78, 5) is 32.0. The molecule has 0 spiro atoms. The lowest BCUT2D eigenvalue weighted by Crippen LogP contribution is -2.23. The standard InChI is InChI=1S/C11H19NO6/c1-17-10(13)7-5-3-4-6-9(12(15)16)8-11(14)18-2/h9H,3-8H2,1-2H3. The van der Waals surface area contributed by atoms with Gasteiger partial charge < -0.3 is 9.47 Å². The molecule has 0 aliphatic heterocycles. The van der Waals surface area contributed by atoms with Crippen LogP contribution >= 0.6 is 0 Å². The highest BCUT2D eigenvalue weighted by molar-refractivity contribution is 5.69. The van der Waals surface area contributed by atoms with Crippen LogP contribution in [-0.4, -0.2) is 37.1 Å². The maximum atomic E-state index is 11.0. The first-order chi connectivity index (χ1) is 8.51. The van der Waals surface area contributed by atoms with Gasteiger partial charge in [-0.3, -0.25) is 19.7 Å². The SMILES string of the molecule is COC(=O)CCCCCC(CC(=O)OC)[N+](=O)[O-]. The summed E-state index contributed by atoms with van der Waals surface area (Å²) >= 11 is 0. The smallest absolute Gasteiger partial charge is 0.312 e. The number of methoxy groups -OCH3 is 2. The molecule has 18 heavy (non-hydrogen) atoms. The molecule has 1 atom stereocenters. The molecule has 104 valence electrons. The Morgan fingerprint density at radius 2 is 1.72 bits per heavy atom. The molecule has 1 unspecified atom stereocenters. The van der Waals surface area contributed by atoms with E-state index in [2.05, 4.69) is 9.47 Å². The highest BCUT2D eigenvalue weighted by Gasteiger charge is 2.23. The van der Waals surface area contributed by atoms with Crippen molar-refractivity contribution in [2.45, 2.75) is 44.6 Å². The average Bonchev–Trinajstić information content (AvgIpc) is 2.35. The summed E-state index contributed by atoms with van der Waals surface area (Å²) in [6.45, 7) is 0. The van der Waals surface area contributed by atoms with E-state index in [1.807, 2.05) is 0 Å². The first-order valence-electron chi connectivity index (χ1n) is 5.78. The van der Waals surface area contributed by atoms with Gasteiger partial charge in [0.1, 0.15) is 6.42 Å². The van der Waals surface area contributed by atoms with Crippen LogP contribution in [0.3, 0.4) is 0 Å². The van der Waals surface area contributed by atoms with Crippen molar-refractivity contribution in [2.75, 3.05) is 14.2 Å². The normalized spacial score (nSPS) is 11.7. The monoisotopic (exact) mass is 261 g/mol. The van der Waals surface area contributed by atoms with Gasteiger partial charge in [-0.25, -0.2) is 0 Å². The minimum atomic E-state index is -0.907. The zero-order valence-electron chi connectivity index (χ0n) is 10.7. The van der Waals surface area contributed by atoms with Crippen LogP contribution in [-0.2, 0) is 19.1 Å². The van der Waals surface area contributed by atoms with Crippen LogP contribution < -0.4 is 0 Å². The fourth-order valence-corrected chi connectivity index (χ4v) is 1.49. The van der Waals surface area contributed by atoms with Crippen molar-refractivity contribution in [1.82, 2.24) is 0 Å². The summed E-state index contributed by atoms with van der Waals surface area (Å²) in [5, 5.41) is 10.7. The number of hydrogen-bond acceptors (Lipinski definition) is 6. The molecule has 7 heteroatoms. The zero-order valence-corrected chi connectivity index (χ0v) is 10.7. The fraction of sp³-hybridized carbons (Fsp3) is 0.818. The summed E-state index contributed by atoms with van der Waals surface area (Å²) in [5.41, 5.74) is 0. The zero-order chi connectivity index (χ0) is 14.0. The van der Waals surface area contributed by atoms with Gasteiger partial charge in [-0.1, -0.05) is 6.42 Å². The van der Waals surface area contributed by atoms with Crippen LogP contribution in [0.15, 0.2) is 0 Å². The molecule has 0 radical (unpaired) electrons. The Labute approximate surface area is 106 Å². The lowest BCUT2D eigenvalue weighted by atomic mass is 10.1. The molecule has 0 aliphatic rings. The molecule has 0 rings (SSSR count). The predicted molar refractivity (Wildman–Crippen MR) is 62.5 cm³/mol. The lowest BCUT2D eigenvalue weighted by molar-refractivity contribution is -0.522. The maximum absolute atomic E-state index is 11.0. The Morgan fingerprint density at radius 3 is 2.22 bits per heavy atom. The Hall–Kier alpha value is -1.66. The van der Waals surface area contributed by atoms with Crippen LogP contribution in [0.4, 0.5) is 0 Å². The quantitative estimate of drug-likeness (QED) is 0.269. The van der Waals surface area contributed by atoms with Gasteiger partial charge in [-0.15, -0.1) is 0 Å². The van der Waals surface area contributed by atoms with Gasteiger partial charge in [0, 0.05) is 17.8 Å². The number of carbonyl (C=O) groups excluding carboxylic acids is 2. The van der Waals surface area contributed by atoms with Crippen molar-refractivity contribution in [1.29, 1.82) is 0 Å². The Kier molecular flexibility index (Phi) is 8.51. The lowest BCUT2D eigenvalue weighted by Gasteiger charge is -2.07. The fourth-order valence-electron chi connectivity index (χ4n) is 1.49. The molecule has 0 amide bonds. The first-order valence-corrected chi connectivity index (χ1v) is 5.78. The Bertz CT molecular complexity index is 291. The van der Waals surface area contributed by atoms with Gasteiger partial charge in [0.2, 0.25) is 6.04 Å². The highest BCUT2D eigenvalue weighted by Crippen LogP contribution is 2.11. The van der Waals surface area contributed by atoms with E-state index in [0.717, 1.165) is 0 Å². The van der Waals surface area contributed by atoms with E-state index in [1.165, 1.54) is 14.2 Å².